The molecule has 0 spiro atoms. The van der Waals surface area contributed by atoms with E-state index in [0.29, 0.717) is 5.41 Å². The molecule has 0 bridgehead atoms. The van der Waals surface area contributed by atoms with Crippen molar-refractivity contribution in [3.05, 3.63) is 0 Å². The zero-order chi connectivity index (χ0) is 12.5. The highest BCUT2D eigenvalue weighted by atomic mass is 35.5. The van der Waals surface area contributed by atoms with Crippen molar-refractivity contribution in [1.29, 1.82) is 0 Å². The van der Waals surface area contributed by atoms with Gasteiger partial charge in [-0.2, -0.15) is 0 Å². The lowest BCUT2D eigenvalue weighted by Crippen LogP contribution is -2.41. The number of nitrogens with one attached hydrogen (secondary N) is 2. The molecule has 5 heteroatoms. The largest absolute Gasteiger partial charge is 0.359 e. The molecule has 18 heavy (non-hydrogen) atoms. The summed E-state index contributed by atoms with van der Waals surface area (Å²) in [5, 5.41) is 6.23. The zero-order valence-electron chi connectivity index (χ0n) is 11.7. The summed E-state index contributed by atoms with van der Waals surface area (Å²) in [6.45, 7) is 9.76. The van der Waals surface area contributed by atoms with Crippen molar-refractivity contribution < 1.29 is 4.79 Å². The van der Waals surface area contributed by atoms with Crippen LogP contribution in [0.3, 0.4) is 0 Å². The van der Waals surface area contributed by atoms with Crippen LogP contribution in [0, 0.1) is 10.8 Å². The first-order chi connectivity index (χ1) is 7.97. The highest BCUT2D eigenvalue weighted by Crippen LogP contribution is 2.34. The minimum Gasteiger partial charge on any atom is -0.359 e. The topological polar surface area (TPSA) is 44.4 Å². The highest BCUT2D eigenvalue weighted by molar-refractivity contribution is 5.85. The molecule has 0 saturated carbocycles. The summed E-state index contributed by atoms with van der Waals surface area (Å²) in [5.41, 5.74) is 0.213. The molecule has 2 fully saturated rings. The molecule has 2 atom stereocenters. The van der Waals surface area contributed by atoms with Crippen LogP contribution in [0.4, 0.5) is 0 Å². The summed E-state index contributed by atoms with van der Waals surface area (Å²) in [5.74, 6) is 0.190. The molecule has 2 N–H and O–H groups in total. The summed E-state index contributed by atoms with van der Waals surface area (Å²) in [6.07, 6.45) is 2.23. The third-order valence-electron chi connectivity index (χ3n) is 4.39. The van der Waals surface area contributed by atoms with Crippen LogP contribution in [-0.2, 0) is 4.79 Å². The molecular formula is C13H26ClN3O. The van der Waals surface area contributed by atoms with Gasteiger partial charge in [0, 0.05) is 26.7 Å². The Labute approximate surface area is 116 Å². The van der Waals surface area contributed by atoms with E-state index in [0.717, 1.165) is 39.1 Å². The fourth-order valence-corrected chi connectivity index (χ4v) is 3.22. The van der Waals surface area contributed by atoms with Gasteiger partial charge in [0.05, 0.1) is 5.41 Å². The predicted octanol–water partition coefficient (Wildman–Crippen LogP) is 0.866. The molecule has 2 saturated heterocycles. The average molecular weight is 276 g/mol. The van der Waals surface area contributed by atoms with Crippen molar-refractivity contribution in [2.75, 3.05) is 39.8 Å². The summed E-state index contributed by atoms with van der Waals surface area (Å²) in [4.78, 5) is 14.3. The summed E-state index contributed by atoms with van der Waals surface area (Å²) in [7, 11) is 1.73. The molecule has 0 aromatic rings. The van der Waals surface area contributed by atoms with E-state index in [9.17, 15) is 4.79 Å². The van der Waals surface area contributed by atoms with E-state index in [-0.39, 0.29) is 23.7 Å². The molecule has 2 heterocycles. The molecule has 0 aromatic heterocycles. The maximum absolute atomic E-state index is 11.8. The lowest BCUT2D eigenvalue weighted by atomic mass is 9.88. The minimum atomic E-state index is -0.183. The van der Waals surface area contributed by atoms with Gasteiger partial charge < -0.3 is 15.5 Å². The molecule has 106 valence electrons. The normalized spacial score (nSPS) is 36.4. The second kappa shape index (κ2) is 5.76. The number of carbonyl (C=O) groups excluding carboxylic acids is 1. The number of amides is 1. The van der Waals surface area contributed by atoms with Crippen molar-refractivity contribution >= 4 is 18.3 Å². The molecule has 2 unspecified atom stereocenters. The third-order valence-corrected chi connectivity index (χ3v) is 4.39. The number of nitrogens with zero attached hydrogens (tertiary/aromatic N) is 1. The molecular weight excluding hydrogens is 250 g/mol. The molecule has 0 radical (unpaired) electrons. The van der Waals surface area contributed by atoms with E-state index in [4.69, 9.17) is 0 Å². The number of likely N-dealkylation sites (tertiary alicyclic amines) is 1. The van der Waals surface area contributed by atoms with Crippen LogP contribution in [0.25, 0.3) is 0 Å². The smallest absolute Gasteiger partial charge is 0.227 e. The summed E-state index contributed by atoms with van der Waals surface area (Å²) >= 11 is 0. The van der Waals surface area contributed by atoms with Gasteiger partial charge in [0.25, 0.3) is 0 Å². The summed E-state index contributed by atoms with van der Waals surface area (Å²) in [6, 6.07) is 0. The molecule has 0 aliphatic carbocycles. The van der Waals surface area contributed by atoms with E-state index in [1.807, 2.05) is 0 Å². The van der Waals surface area contributed by atoms with Crippen molar-refractivity contribution in [1.82, 2.24) is 15.5 Å². The first-order valence-corrected chi connectivity index (χ1v) is 6.63. The first-order valence-electron chi connectivity index (χ1n) is 6.63. The van der Waals surface area contributed by atoms with Crippen LogP contribution < -0.4 is 10.6 Å². The van der Waals surface area contributed by atoms with Gasteiger partial charge in [-0.1, -0.05) is 6.92 Å². The monoisotopic (exact) mass is 275 g/mol. The Bertz CT molecular complexity index is 305. The predicted molar refractivity (Wildman–Crippen MR) is 76.1 cm³/mol. The van der Waals surface area contributed by atoms with Crippen LogP contribution in [0.5, 0.6) is 0 Å². The molecule has 1 amide bonds. The maximum Gasteiger partial charge on any atom is 0.227 e. The zero-order valence-corrected chi connectivity index (χ0v) is 12.5. The number of halogens is 1. The first kappa shape index (κ1) is 15.7. The Morgan fingerprint density at radius 1 is 1.39 bits per heavy atom. The highest BCUT2D eigenvalue weighted by Gasteiger charge is 2.42. The van der Waals surface area contributed by atoms with Crippen LogP contribution in [0.2, 0.25) is 0 Å². The van der Waals surface area contributed by atoms with Crippen molar-refractivity contribution in [3.8, 4) is 0 Å². The molecule has 4 nitrogen and oxygen atoms in total. The standard InChI is InChI=1S/C13H25N3O.ClH/c1-12(4-6-15-8-12)9-16-7-5-13(2,10-16)11(17)14-3;/h15H,4-10H2,1-3H3,(H,14,17);1H. The SMILES string of the molecule is CNC(=O)C1(C)CCN(CC2(C)CCNC2)C1.Cl. The van der Waals surface area contributed by atoms with Crippen molar-refractivity contribution in [3.63, 3.8) is 0 Å². The van der Waals surface area contributed by atoms with Gasteiger partial charge in [-0.3, -0.25) is 4.79 Å². The van der Waals surface area contributed by atoms with E-state index in [1.54, 1.807) is 7.05 Å². The van der Waals surface area contributed by atoms with Gasteiger partial charge in [0.2, 0.25) is 5.91 Å². The van der Waals surface area contributed by atoms with E-state index in [1.165, 1.54) is 6.42 Å². The minimum absolute atomic E-state index is 0. The Balaban J connectivity index is 0.00000162. The fraction of sp³-hybridized carbons (Fsp3) is 0.923. The molecule has 2 aliphatic rings. The van der Waals surface area contributed by atoms with Crippen molar-refractivity contribution in [2.24, 2.45) is 10.8 Å². The number of rotatable bonds is 3. The van der Waals surface area contributed by atoms with Gasteiger partial charge in [-0.25, -0.2) is 0 Å². The average Bonchev–Trinajstić information content (AvgIpc) is 2.86. The van der Waals surface area contributed by atoms with Crippen LogP contribution in [-0.4, -0.2) is 50.6 Å². The molecule has 2 rings (SSSR count). The van der Waals surface area contributed by atoms with Gasteiger partial charge in [0.1, 0.15) is 0 Å². The van der Waals surface area contributed by atoms with Gasteiger partial charge in [0.15, 0.2) is 0 Å². The van der Waals surface area contributed by atoms with Gasteiger partial charge in [-0.15, -0.1) is 12.4 Å². The van der Waals surface area contributed by atoms with Crippen LogP contribution in [0.15, 0.2) is 0 Å². The number of carbonyl (C=O) groups is 1. The lowest BCUT2D eigenvalue weighted by Gasteiger charge is -2.30. The number of hydrogen-bond donors (Lipinski definition) is 2. The van der Waals surface area contributed by atoms with Crippen LogP contribution in [0.1, 0.15) is 26.7 Å². The fourth-order valence-electron chi connectivity index (χ4n) is 3.22. The van der Waals surface area contributed by atoms with E-state index >= 15 is 0 Å². The lowest BCUT2D eigenvalue weighted by molar-refractivity contribution is -0.129. The quantitative estimate of drug-likeness (QED) is 0.803. The van der Waals surface area contributed by atoms with Crippen LogP contribution >= 0.6 is 12.4 Å². The van der Waals surface area contributed by atoms with E-state index < -0.39 is 0 Å². The van der Waals surface area contributed by atoms with Gasteiger partial charge in [-0.05, 0) is 38.3 Å². The van der Waals surface area contributed by atoms with Crippen molar-refractivity contribution in [2.45, 2.75) is 26.7 Å². The van der Waals surface area contributed by atoms with Gasteiger partial charge >= 0.3 is 0 Å². The summed E-state index contributed by atoms with van der Waals surface area (Å²) < 4.78 is 0. The molecule has 2 aliphatic heterocycles. The Kier molecular flexibility index (Phi) is 5.04. The Morgan fingerprint density at radius 2 is 2.11 bits per heavy atom. The maximum atomic E-state index is 11.8. The van der Waals surface area contributed by atoms with E-state index in [2.05, 4.69) is 29.4 Å². The Morgan fingerprint density at radius 3 is 2.67 bits per heavy atom. The third kappa shape index (κ3) is 3.16. The molecule has 0 aromatic carbocycles. The number of hydrogen-bond acceptors (Lipinski definition) is 3. The second-order valence-corrected chi connectivity index (χ2v) is 6.34. The second-order valence-electron chi connectivity index (χ2n) is 6.34. The Hall–Kier alpha value is -0.320.